The van der Waals surface area contributed by atoms with Crippen LogP contribution in [0.5, 0.6) is 0 Å². The van der Waals surface area contributed by atoms with Crippen molar-refractivity contribution >= 4 is 17.5 Å². The molecular weight excluding hydrogens is 319 g/mol. The highest BCUT2D eigenvalue weighted by molar-refractivity contribution is 5.85. The molecule has 0 bridgehead atoms. The second-order valence-electron chi connectivity index (χ2n) is 7.11. The van der Waals surface area contributed by atoms with E-state index in [2.05, 4.69) is 35.8 Å². The Balaban J connectivity index is 2.08. The van der Waals surface area contributed by atoms with Gasteiger partial charge in [0.25, 0.3) is 0 Å². The summed E-state index contributed by atoms with van der Waals surface area (Å²) in [7, 11) is 0. The monoisotopic (exact) mass is 344 g/mol. The summed E-state index contributed by atoms with van der Waals surface area (Å²) in [5, 5.41) is 5.71. The number of nitrogens with one attached hydrogen (secondary N) is 2. The molecule has 0 spiro atoms. The van der Waals surface area contributed by atoms with E-state index in [1.807, 2.05) is 6.92 Å². The summed E-state index contributed by atoms with van der Waals surface area (Å²) in [5.74, 6) is -0.511. The van der Waals surface area contributed by atoms with Crippen molar-refractivity contribution in [3.63, 3.8) is 0 Å². The summed E-state index contributed by atoms with van der Waals surface area (Å²) in [5.41, 5.74) is 3.71. The molecular formula is C20H25FN2O2. The Labute approximate surface area is 148 Å². The summed E-state index contributed by atoms with van der Waals surface area (Å²) in [6, 6.07) is 10.8. The molecule has 0 heterocycles. The van der Waals surface area contributed by atoms with Crippen molar-refractivity contribution < 1.29 is 13.9 Å². The molecule has 25 heavy (non-hydrogen) atoms. The van der Waals surface area contributed by atoms with E-state index in [0.29, 0.717) is 12.2 Å². The summed E-state index contributed by atoms with van der Waals surface area (Å²) < 4.78 is 19.1. The van der Waals surface area contributed by atoms with Gasteiger partial charge in [0.2, 0.25) is 0 Å². The second-order valence-corrected chi connectivity index (χ2v) is 7.11. The van der Waals surface area contributed by atoms with Gasteiger partial charge in [-0.1, -0.05) is 23.8 Å². The van der Waals surface area contributed by atoms with Crippen LogP contribution in [0.3, 0.4) is 0 Å². The first-order valence-electron chi connectivity index (χ1n) is 8.23. The number of carbonyl (C=O) groups excluding carboxylic acids is 1. The normalized spacial score (nSPS) is 11.1. The molecule has 2 aromatic carbocycles. The quantitative estimate of drug-likeness (QED) is 0.780. The average molecular weight is 344 g/mol. The van der Waals surface area contributed by atoms with Gasteiger partial charge in [-0.05, 0) is 63.9 Å². The van der Waals surface area contributed by atoms with Crippen LogP contribution in [0.1, 0.15) is 37.5 Å². The molecule has 1 amide bonds. The van der Waals surface area contributed by atoms with Gasteiger partial charge in [-0.15, -0.1) is 0 Å². The highest BCUT2D eigenvalue weighted by Gasteiger charge is 2.17. The van der Waals surface area contributed by atoms with Crippen LogP contribution in [0.15, 0.2) is 36.4 Å². The number of hydrogen-bond acceptors (Lipinski definition) is 3. The smallest absolute Gasteiger partial charge is 0.412 e. The van der Waals surface area contributed by atoms with Crippen LogP contribution in [0, 0.1) is 19.7 Å². The maximum Gasteiger partial charge on any atom is 0.412 e. The predicted octanol–water partition coefficient (Wildman–Crippen LogP) is 5.40. The first kappa shape index (κ1) is 18.8. The summed E-state index contributed by atoms with van der Waals surface area (Å²) in [6.45, 7) is 9.98. The van der Waals surface area contributed by atoms with E-state index < -0.39 is 17.5 Å². The molecule has 0 aliphatic rings. The highest BCUT2D eigenvalue weighted by atomic mass is 19.1. The zero-order chi connectivity index (χ0) is 18.6. The first-order valence-corrected chi connectivity index (χ1v) is 8.23. The van der Waals surface area contributed by atoms with Gasteiger partial charge < -0.3 is 10.1 Å². The number of hydrogen-bond donors (Lipinski definition) is 2. The molecule has 5 heteroatoms. The van der Waals surface area contributed by atoms with E-state index >= 15 is 0 Å². The number of carbonyl (C=O) groups is 1. The lowest BCUT2D eigenvalue weighted by Gasteiger charge is -2.20. The Hall–Kier alpha value is -2.56. The SMILES string of the molecule is Cc1ccc(C)c(CNc2ccc(F)c(NC(=O)OC(C)(C)C)c2)c1. The second kappa shape index (κ2) is 7.55. The standard InChI is InChI=1S/C20H25FN2O2/c1-13-6-7-14(2)15(10-13)12-22-16-8-9-17(21)18(11-16)23-19(24)25-20(3,4)5/h6-11,22H,12H2,1-5H3,(H,23,24). The number of anilines is 2. The lowest BCUT2D eigenvalue weighted by Crippen LogP contribution is -2.27. The molecule has 0 unspecified atom stereocenters. The van der Waals surface area contributed by atoms with Crippen molar-refractivity contribution in [2.24, 2.45) is 0 Å². The number of amides is 1. The van der Waals surface area contributed by atoms with Crippen LogP contribution in [0.2, 0.25) is 0 Å². The molecule has 0 aliphatic heterocycles. The van der Waals surface area contributed by atoms with Crippen molar-refractivity contribution in [1.29, 1.82) is 0 Å². The Bertz CT molecular complexity index is 767. The molecule has 4 nitrogen and oxygen atoms in total. The zero-order valence-electron chi connectivity index (χ0n) is 15.4. The Kier molecular flexibility index (Phi) is 5.67. The number of aryl methyl sites for hydroxylation is 2. The highest BCUT2D eigenvalue weighted by Crippen LogP contribution is 2.22. The minimum absolute atomic E-state index is 0.0835. The van der Waals surface area contributed by atoms with Gasteiger partial charge in [-0.3, -0.25) is 5.32 Å². The van der Waals surface area contributed by atoms with Crippen molar-refractivity contribution in [3.8, 4) is 0 Å². The molecule has 2 rings (SSSR count). The van der Waals surface area contributed by atoms with Crippen molar-refractivity contribution in [2.75, 3.05) is 10.6 Å². The van der Waals surface area contributed by atoms with Crippen LogP contribution >= 0.6 is 0 Å². The van der Waals surface area contributed by atoms with Gasteiger partial charge in [0, 0.05) is 12.2 Å². The van der Waals surface area contributed by atoms with Crippen LogP contribution in [0.4, 0.5) is 20.6 Å². The molecule has 134 valence electrons. The third-order valence-electron chi connectivity index (χ3n) is 3.59. The topological polar surface area (TPSA) is 50.4 Å². The Morgan fingerprint density at radius 3 is 2.52 bits per heavy atom. The van der Waals surface area contributed by atoms with Gasteiger partial charge in [-0.2, -0.15) is 0 Å². The molecule has 2 aromatic rings. The molecule has 0 radical (unpaired) electrons. The van der Waals surface area contributed by atoms with E-state index in [1.165, 1.54) is 22.8 Å². The third-order valence-corrected chi connectivity index (χ3v) is 3.59. The van der Waals surface area contributed by atoms with E-state index in [0.717, 1.165) is 0 Å². The summed E-state index contributed by atoms with van der Waals surface area (Å²) >= 11 is 0. The van der Waals surface area contributed by atoms with E-state index in [9.17, 15) is 9.18 Å². The van der Waals surface area contributed by atoms with Gasteiger partial charge in [0.05, 0.1) is 5.69 Å². The minimum Gasteiger partial charge on any atom is -0.444 e. The average Bonchev–Trinajstić information content (AvgIpc) is 2.49. The zero-order valence-corrected chi connectivity index (χ0v) is 15.4. The van der Waals surface area contributed by atoms with Gasteiger partial charge >= 0.3 is 6.09 Å². The molecule has 2 N–H and O–H groups in total. The lowest BCUT2D eigenvalue weighted by atomic mass is 10.1. The fraction of sp³-hybridized carbons (Fsp3) is 0.350. The van der Waals surface area contributed by atoms with Crippen molar-refractivity contribution in [3.05, 3.63) is 58.9 Å². The maximum absolute atomic E-state index is 13.9. The largest absolute Gasteiger partial charge is 0.444 e. The fourth-order valence-electron chi connectivity index (χ4n) is 2.33. The first-order chi connectivity index (χ1) is 11.6. The van der Waals surface area contributed by atoms with Gasteiger partial charge in [0.1, 0.15) is 11.4 Å². The number of ether oxygens (including phenoxy) is 1. The molecule has 0 aliphatic carbocycles. The predicted molar refractivity (Wildman–Crippen MR) is 99.5 cm³/mol. The third kappa shape index (κ3) is 5.78. The van der Waals surface area contributed by atoms with Crippen LogP contribution < -0.4 is 10.6 Å². The van der Waals surface area contributed by atoms with Crippen molar-refractivity contribution in [1.82, 2.24) is 0 Å². The van der Waals surface area contributed by atoms with Gasteiger partial charge in [-0.25, -0.2) is 9.18 Å². The van der Waals surface area contributed by atoms with Gasteiger partial charge in [0.15, 0.2) is 0 Å². The molecule has 0 aromatic heterocycles. The molecule has 0 atom stereocenters. The number of halogens is 1. The van der Waals surface area contributed by atoms with Crippen LogP contribution in [-0.2, 0) is 11.3 Å². The van der Waals surface area contributed by atoms with E-state index in [-0.39, 0.29) is 5.69 Å². The number of benzene rings is 2. The fourth-order valence-corrected chi connectivity index (χ4v) is 2.33. The van der Waals surface area contributed by atoms with Crippen LogP contribution in [0.25, 0.3) is 0 Å². The Morgan fingerprint density at radius 2 is 1.84 bits per heavy atom. The van der Waals surface area contributed by atoms with Crippen molar-refractivity contribution in [2.45, 2.75) is 46.8 Å². The minimum atomic E-state index is -0.682. The number of rotatable bonds is 4. The molecule has 0 saturated carbocycles. The maximum atomic E-state index is 13.9. The molecule has 0 saturated heterocycles. The Morgan fingerprint density at radius 1 is 1.12 bits per heavy atom. The van der Waals surface area contributed by atoms with E-state index in [4.69, 9.17) is 4.74 Å². The summed E-state index contributed by atoms with van der Waals surface area (Å²) in [6.07, 6.45) is -0.682. The lowest BCUT2D eigenvalue weighted by molar-refractivity contribution is 0.0635. The van der Waals surface area contributed by atoms with Crippen LogP contribution in [-0.4, -0.2) is 11.7 Å². The molecule has 0 fully saturated rings. The van der Waals surface area contributed by atoms with E-state index in [1.54, 1.807) is 32.9 Å². The summed E-state index contributed by atoms with van der Waals surface area (Å²) in [4.78, 5) is 11.8.